The summed E-state index contributed by atoms with van der Waals surface area (Å²) >= 11 is 0. The molecule has 0 saturated heterocycles. The zero-order valence-corrected chi connectivity index (χ0v) is 9.04. The van der Waals surface area contributed by atoms with Crippen LogP contribution >= 0.6 is 0 Å². The highest BCUT2D eigenvalue weighted by molar-refractivity contribution is 5.91. The van der Waals surface area contributed by atoms with Gasteiger partial charge >= 0.3 is 0 Å². The lowest BCUT2D eigenvalue weighted by Gasteiger charge is -2.14. The molecular formula is C13H20O. The van der Waals surface area contributed by atoms with E-state index >= 15 is 0 Å². The summed E-state index contributed by atoms with van der Waals surface area (Å²) in [6.07, 6.45) is 7.82. The smallest absolute Gasteiger partial charge is 0.158 e. The lowest BCUT2D eigenvalue weighted by atomic mass is 9.90. The van der Waals surface area contributed by atoms with Gasteiger partial charge in [-0.1, -0.05) is 19.6 Å². The fourth-order valence-corrected chi connectivity index (χ4v) is 2.32. The summed E-state index contributed by atoms with van der Waals surface area (Å²) in [5.74, 6) is 1.65. The van der Waals surface area contributed by atoms with Crippen LogP contribution in [0.1, 0.15) is 32.6 Å². The van der Waals surface area contributed by atoms with Gasteiger partial charge in [0.05, 0.1) is 0 Å². The molecule has 1 saturated carbocycles. The number of ketones is 1. The summed E-state index contributed by atoms with van der Waals surface area (Å²) in [6, 6.07) is 0. The van der Waals surface area contributed by atoms with Crippen LogP contribution in [0, 0.1) is 17.8 Å². The SMILES string of the molecule is C=CC(=O)C1CC[C@H](C)C[C@H](C=C)C1. The molecule has 1 unspecified atom stereocenters. The predicted molar refractivity (Wildman–Crippen MR) is 60.0 cm³/mol. The van der Waals surface area contributed by atoms with E-state index in [0.717, 1.165) is 25.2 Å². The summed E-state index contributed by atoms with van der Waals surface area (Å²) in [5, 5.41) is 0. The Morgan fingerprint density at radius 2 is 2.00 bits per heavy atom. The summed E-state index contributed by atoms with van der Waals surface area (Å²) in [6.45, 7) is 9.67. The second-order valence-corrected chi connectivity index (χ2v) is 4.45. The van der Waals surface area contributed by atoms with Gasteiger partial charge in [-0.2, -0.15) is 0 Å². The Balaban J connectivity index is 2.65. The van der Waals surface area contributed by atoms with Crippen LogP contribution in [0.15, 0.2) is 25.3 Å². The molecule has 0 heterocycles. The van der Waals surface area contributed by atoms with Crippen molar-refractivity contribution >= 4 is 5.78 Å². The molecule has 0 aromatic rings. The Bertz CT molecular complexity index is 229. The van der Waals surface area contributed by atoms with Crippen molar-refractivity contribution in [2.45, 2.75) is 32.6 Å². The first-order chi connectivity index (χ1) is 6.67. The van der Waals surface area contributed by atoms with E-state index in [2.05, 4.69) is 20.1 Å². The Labute approximate surface area is 86.9 Å². The summed E-state index contributed by atoms with van der Waals surface area (Å²) in [5.41, 5.74) is 0. The summed E-state index contributed by atoms with van der Waals surface area (Å²) in [4.78, 5) is 11.5. The average Bonchev–Trinajstić information content (AvgIpc) is 2.38. The normalized spacial score (nSPS) is 33.1. The van der Waals surface area contributed by atoms with Crippen molar-refractivity contribution in [3.05, 3.63) is 25.3 Å². The molecule has 0 spiro atoms. The lowest BCUT2D eigenvalue weighted by Crippen LogP contribution is -2.13. The Kier molecular flexibility index (Phi) is 4.12. The molecule has 1 heteroatoms. The van der Waals surface area contributed by atoms with Gasteiger partial charge in [-0.15, -0.1) is 6.58 Å². The highest BCUT2D eigenvalue weighted by atomic mass is 16.1. The Hall–Kier alpha value is -0.850. The second kappa shape index (κ2) is 5.14. The molecule has 78 valence electrons. The Morgan fingerprint density at radius 3 is 2.57 bits per heavy atom. The zero-order valence-electron chi connectivity index (χ0n) is 9.04. The number of hydrogen-bond acceptors (Lipinski definition) is 1. The predicted octanol–water partition coefficient (Wildman–Crippen LogP) is 3.37. The van der Waals surface area contributed by atoms with Gasteiger partial charge in [0.1, 0.15) is 0 Å². The van der Waals surface area contributed by atoms with E-state index in [1.807, 2.05) is 6.08 Å². The van der Waals surface area contributed by atoms with E-state index < -0.39 is 0 Å². The molecule has 0 bridgehead atoms. The molecule has 0 aliphatic heterocycles. The van der Waals surface area contributed by atoms with Gasteiger partial charge in [0, 0.05) is 5.92 Å². The maximum Gasteiger partial charge on any atom is 0.158 e. The molecule has 1 aliphatic carbocycles. The van der Waals surface area contributed by atoms with Crippen LogP contribution in [0.5, 0.6) is 0 Å². The third-order valence-electron chi connectivity index (χ3n) is 3.24. The molecule has 1 aliphatic rings. The third-order valence-corrected chi connectivity index (χ3v) is 3.24. The average molecular weight is 192 g/mol. The number of carbonyl (C=O) groups excluding carboxylic acids is 1. The molecule has 0 radical (unpaired) electrons. The molecule has 3 atom stereocenters. The summed E-state index contributed by atoms with van der Waals surface area (Å²) < 4.78 is 0. The zero-order chi connectivity index (χ0) is 10.6. The van der Waals surface area contributed by atoms with Crippen molar-refractivity contribution in [1.29, 1.82) is 0 Å². The van der Waals surface area contributed by atoms with Crippen molar-refractivity contribution in [3.8, 4) is 0 Å². The van der Waals surface area contributed by atoms with Crippen LogP contribution in [0.2, 0.25) is 0 Å². The van der Waals surface area contributed by atoms with E-state index in [-0.39, 0.29) is 11.7 Å². The number of carbonyl (C=O) groups is 1. The minimum Gasteiger partial charge on any atom is -0.295 e. The Morgan fingerprint density at radius 1 is 1.29 bits per heavy atom. The van der Waals surface area contributed by atoms with Crippen LogP contribution in [-0.2, 0) is 4.79 Å². The monoisotopic (exact) mass is 192 g/mol. The van der Waals surface area contributed by atoms with Gasteiger partial charge in [-0.25, -0.2) is 0 Å². The van der Waals surface area contributed by atoms with Gasteiger partial charge < -0.3 is 0 Å². The molecule has 1 fully saturated rings. The maximum absolute atomic E-state index is 11.5. The molecule has 1 nitrogen and oxygen atoms in total. The third kappa shape index (κ3) is 2.83. The molecule has 0 N–H and O–H groups in total. The van der Waals surface area contributed by atoms with E-state index in [9.17, 15) is 4.79 Å². The molecule has 1 rings (SSSR count). The van der Waals surface area contributed by atoms with Crippen molar-refractivity contribution in [2.75, 3.05) is 0 Å². The number of allylic oxidation sites excluding steroid dienone is 2. The first kappa shape index (κ1) is 11.2. The van der Waals surface area contributed by atoms with E-state index in [1.54, 1.807) is 0 Å². The molecule has 0 aromatic heterocycles. The van der Waals surface area contributed by atoms with E-state index in [4.69, 9.17) is 0 Å². The van der Waals surface area contributed by atoms with Crippen LogP contribution in [0.4, 0.5) is 0 Å². The van der Waals surface area contributed by atoms with E-state index in [1.165, 1.54) is 12.5 Å². The lowest BCUT2D eigenvalue weighted by molar-refractivity contribution is -0.118. The van der Waals surface area contributed by atoms with Gasteiger partial charge in [0.2, 0.25) is 0 Å². The molecular weight excluding hydrogens is 172 g/mol. The molecule has 14 heavy (non-hydrogen) atoms. The van der Waals surface area contributed by atoms with Crippen LogP contribution in [0.3, 0.4) is 0 Å². The first-order valence-electron chi connectivity index (χ1n) is 5.46. The van der Waals surface area contributed by atoms with Crippen molar-refractivity contribution in [2.24, 2.45) is 17.8 Å². The summed E-state index contributed by atoms with van der Waals surface area (Å²) in [7, 11) is 0. The minimum absolute atomic E-state index is 0.195. The minimum atomic E-state index is 0.195. The maximum atomic E-state index is 11.5. The van der Waals surface area contributed by atoms with Crippen LogP contribution < -0.4 is 0 Å². The highest BCUT2D eigenvalue weighted by Gasteiger charge is 2.25. The van der Waals surface area contributed by atoms with Gasteiger partial charge in [0.15, 0.2) is 5.78 Å². The van der Waals surface area contributed by atoms with Gasteiger partial charge in [-0.05, 0) is 43.6 Å². The second-order valence-electron chi connectivity index (χ2n) is 4.45. The fourth-order valence-electron chi connectivity index (χ4n) is 2.32. The standard InChI is InChI=1S/C13H20O/c1-4-11-8-10(3)6-7-12(9-11)13(14)5-2/h4-5,10-12H,1-2,6-9H2,3H3/t10-,11-,12?/m0/s1. The first-order valence-corrected chi connectivity index (χ1v) is 5.46. The van der Waals surface area contributed by atoms with E-state index in [0.29, 0.717) is 5.92 Å². The number of hydrogen-bond donors (Lipinski definition) is 0. The van der Waals surface area contributed by atoms with Crippen LogP contribution in [-0.4, -0.2) is 5.78 Å². The quantitative estimate of drug-likeness (QED) is 0.380. The number of rotatable bonds is 3. The van der Waals surface area contributed by atoms with Gasteiger partial charge in [0.25, 0.3) is 0 Å². The van der Waals surface area contributed by atoms with Crippen molar-refractivity contribution in [3.63, 3.8) is 0 Å². The topological polar surface area (TPSA) is 17.1 Å². The van der Waals surface area contributed by atoms with Gasteiger partial charge in [-0.3, -0.25) is 4.79 Å². The van der Waals surface area contributed by atoms with Crippen molar-refractivity contribution in [1.82, 2.24) is 0 Å². The largest absolute Gasteiger partial charge is 0.295 e. The molecule has 0 aromatic carbocycles. The molecule has 0 amide bonds. The van der Waals surface area contributed by atoms with Crippen LogP contribution in [0.25, 0.3) is 0 Å². The van der Waals surface area contributed by atoms with Crippen molar-refractivity contribution < 1.29 is 4.79 Å². The highest BCUT2D eigenvalue weighted by Crippen LogP contribution is 2.32. The fraction of sp³-hybridized carbons (Fsp3) is 0.615.